The number of methoxy groups -OCH3 is 1. The van der Waals surface area contributed by atoms with Crippen LogP contribution < -0.4 is 10.6 Å². The lowest BCUT2D eigenvalue weighted by Gasteiger charge is -2.22. The molecule has 0 spiro atoms. The van der Waals surface area contributed by atoms with Crippen molar-refractivity contribution in [2.45, 2.75) is 39.0 Å². The topological polar surface area (TPSA) is 67.4 Å². The Bertz CT molecular complexity index is 568. The highest BCUT2D eigenvalue weighted by molar-refractivity contribution is 5.78. The number of carbonyl (C=O) groups is 2. The molecule has 2 rings (SSSR count). The third-order valence-electron chi connectivity index (χ3n) is 4.88. The maximum Gasteiger partial charge on any atom is 0.310 e. The molecule has 25 heavy (non-hydrogen) atoms. The maximum absolute atomic E-state index is 12.1. The van der Waals surface area contributed by atoms with Gasteiger partial charge in [0.2, 0.25) is 5.91 Å². The van der Waals surface area contributed by atoms with E-state index in [9.17, 15) is 9.59 Å². The number of amides is 1. The van der Waals surface area contributed by atoms with E-state index in [1.807, 2.05) is 25.1 Å². The minimum atomic E-state index is -0.352. The number of carbonyl (C=O) groups excluding carboxylic acids is 2. The van der Waals surface area contributed by atoms with E-state index in [0.717, 1.165) is 43.5 Å². The van der Waals surface area contributed by atoms with Gasteiger partial charge in [0, 0.05) is 13.0 Å². The first-order valence-electron chi connectivity index (χ1n) is 9.19. The molecule has 0 saturated carbocycles. The van der Waals surface area contributed by atoms with Crippen LogP contribution in [-0.2, 0) is 20.7 Å². The smallest absolute Gasteiger partial charge is 0.310 e. The molecular weight excluding hydrogens is 316 g/mol. The second-order valence-corrected chi connectivity index (χ2v) is 6.95. The van der Waals surface area contributed by atoms with Crippen LogP contribution in [0.15, 0.2) is 24.3 Å². The first kappa shape index (κ1) is 19.4. The Morgan fingerprint density at radius 1 is 1.32 bits per heavy atom. The van der Waals surface area contributed by atoms with Crippen molar-refractivity contribution in [2.75, 3.05) is 26.7 Å². The predicted molar refractivity (Wildman–Crippen MR) is 98.2 cm³/mol. The van der Waals surface area contributed by atoms with Crippen molar-refractivity contribution >= 4 is 11.9 Å². The van der Waals surface area contributed by atoms with Gasteiger partial charge >= 0.3 is 5.97 Å². The van der Waals surface area contributed by atoms with Crippen LogP contribution in [-0.4, -0.2) is 38.6 Å². The first-order valence-corrected chi connectivity index (χ1v) is 9.19. The van der Waals surface area contributed by atoms with E-state index in [0.29, 0.717) is 25.3 Å². The third kappa shape index (κ3) is 6.86. The lowest BCUT2D eigenvalue weighted by molar-refractivity contribution is -0.145. The van der Waals surface area contributed by atoms with Crippen molar-refractivity contribution < 1.29 is 14.3 Å². The highest BCUT2D eigenvalue weighted by atomic mass is 16.5. The first-order chi connectivity index (χ1) is 12.1. The molecule has 1 amide bonds. The van der Waals surface area contributed by atoms with Crippen LogP contribution in [0.1, 0.15) is 36.8 Å². The lowest BCUT2D eigenvalue weighted by atomic mass is 9.93. The number of piperidine rings is 1. The molecule has 1 aliphatic rings. The molecule has 5 heteroatoms. The average molecular weight is 346 g/mol. The largest absolute Gasteiger partial charge is 0.469 e. The van der Waals surface area contributed by atoms with E-state index in [1.165, 1.54) is 7.11 Å². The van der Waals surface area contributed by atoms with Crippen molar-refractivity contribution in [3.63, 3.8) is 0 Å². The minimum Gasteiger partial charge on any atom is -0.469 e. The molecule has 1 atom stereocenters. The summed E-state index contributed by atoms with van der Waals surface area (Å²) in [4.78, 5) is 24.2. The van der Waals surface area contributed by atoms with E-state index < -0.39 is 0 Å². The van der Waals surface area contributed by atoms with Crippen LogP contribution in [0.5, 0.6) is 0 Å². The van der Waals surface area contributed by atoms with Crippen molar-refractivity contribution in [3.05, 3.63) is 35.4 Å². The molecule has 1 unspecified atom stereocenters. The number of nitrogens with one attached hydrogen (secondary N) is 2. The summed E-state index contributed by atoms with van der Waals surface area (Å²) in [7, 11) is 1.39. The summed E-state index contributed by atoms with van der Waals surface area (Å²) in [5.41, 5.74) is 2.24. The fraction of sp³-hybridized carbons (Fsp3) is 0.600. The molecule has 1 aromatic carbocycles. The van der Waals surface area contributed by atoms with Crippen molar-refractivity contribution in [2.24, 2.45) is 11.8 Å². The number of benzene rings is 1. The molecule has 138 valence electrons. The molecule has 1 saturated heterocycles. The Balaban J connectivity index is 1.80. The molecule has 2 N–H and O–H groups in total. The zero-order valence-electron chi connectivity index (χ0n) is 15.3. The van der Waals surface area contributed by atoms with Crippen molar-refractivity contribution in [1.29, 1.82) is 0 Å². The number of esters is 1. The van der Waals surface area contributed by atoms with Crippen LogP contribution in [0.3, 0.4) is 0 Å². The summed E-state index contributed by atoms with van der Waals surface area (Å²) in [6, 6.07) is 8.08. The van der Waals surface area contributed by atoms with Crippen LogP contribution in [0, 0.1) is 18.8 Å². The fourth-order valence-corrected chi connectivity index (χ4v) is 3.36. The van der Waals surface area contributed by atoms with Gasteiger partial charge in [0.1, 0.15) is 0 Å². The molecule has 1 fully saturated rings. The minimum absolute atomic E-state index is 0.0247. The highest BCUT2D eigenvalue weighted by Gasteiger charge is 2.21. The summed E-state index contributed by atoms with van der Waals surface area (Å²) >= 11 is 0. The standard InChI is InChI=1S/C20H30N2O3/c1-15-4-3-5-17(12-15)13-18(20(24)25-2)14-22-19(23)7-6-16-8-10-21-11-9-16/h3-5,12,16,18,21H,6-11,13-14H2,1-2H3,(H,22,23). The van der Waals surface area contributed by atoms with Crippen molar-refractivity contribution in [1.82, 2.24) is 10.6 Å². The second kappa shape index (κ2) is 10.2. The Hall–Kier alpha value is -1.88. The van der Waals surface area contributed by atoms with E-state index in [1.54, 1.807) is 0 Å². The van der Waals surface area contributed by atoms with E-state index in [-0.39, 0.29) is 17.8 Å². The SMILES string of the molecule is COC(=O)C(CNC(=O)CCC1CCNCC1)Cc1cccc(C)c1. The molecule has 0 radical (unpaired) electrons. The third-order valence-corrected chi connectivity index (χ3v) is 4.88. The summed E-state index contributed by atoms with van der Waals surface area (Å²) in [6.45, 7) is 4.45. The summed E-state index contributed by atoms with van der Waals surface area (Å²) < 4.78 is 4.91. The normalized spacial score (nSPS) is 16.2. The van der Waals surface area contributed by atoms with Gasteiger partial charge in [-0.15, -0.1) is 0 Å². The van der Waals surface area contributed by atoms with Gasteiger partial charge in [-0.25, -0.2) is 0 Å². The van der Waals surface area contributed by atoms with E-state index in [2.05, 4.69) is 16.7 Å². The number of hydrogen-bond donors (Lipinski definition) is 2. The molecular formula is C20H30N2O3. The van der Waals surface area contributed by atoms with Crippen LogP contribution in [0.25, 0.3) is 0 Å². The summed E-state index contributed by atoms with van der Waals surface area (Å²) in [5.74, 6) is 0.0298. The second-order valence-electron chi connectivity index (χ2n) is 6.95. The molecule has 5 nitrogen and oxygen atoms in total. The molecule has 1 aliphatic heterocycles. The maximum atomic E-state index is 12.1. The van der Waals surface area contributed by atoms with Crippen molar-refractivity contribution in [3.8, 4) is 0 Å². The van der Waals surface area contributed by atoms with Gasteiger partial charge in [-0.05, 0) is 57.2 Å². The fourth-order valence-electron chi connectivity index (χ4n) is 3.36. The molecule has 0 aromatic heterocycles. The predicted octanol–water partition coefficient (Wildman–Crippen LogP) is 2.22. The van der Waals surface area contributed by atoms with Gasteiger partial charge < -0.3 is 15.4 Å². The van der Waals surface area contributed by atoms with Gasteiger partial charge in [0.05, 0.1) is 13.0 Å². The van der Waals surface area contributed by atoms with Gasteiger partial charge in [-0.1, -0.05) is 29.8 Å². The Morgan fingerprint density at radius 2 is 2.08 bits per heavy atom. The lowest BCUT2D eigenvalue weighted by Crippen LogP contribution is -2.35. The quantitative estimate of drug-likeness (QED) is 0.708. The summed E-state index contributed by atoms with van der Waals surface area (Å²) in [6.07, 6.45) is 4.32. The number of aryl methyl sites for hydroxylation is 1. The van der Waals surface area contributed by atoms with Gasteiger partial charge in [0.25, 0.3) is 0 Å². The number of hydrogen-bond acceptors (Lipinski definition) is 4. The molecule has 1 heterocycles. The Kier molecular flexibility index (Phi) is 7.92. The molecule has 0 bridgehead atoms. The van der Waals surface area contributed by atoms with E-state index >= 15 is 0 Å². The van der Waals surface area contributed by atoms with Crippen LogP contribution in [0.2, 0.25) is 0 Å². The van der Waals surface area contributed by atoms with Crippen LogP contribution in [0.4, 0.5) is 0 Å². The molecule has 1 aromatic rings. The van der Waals surface area contributed by atoms with Gasteiger partial charge in [-0.3, -0.25) is 9.59 Å². The Labute approximate surface area is 150 Å². The highest BCUT2D eigenvalue weighted by Crippen LogP contribution is 2.17. The summed E-state index contributed by atoms with van der Waals surface area (Å²) in [5, 5.41) is 6.25. The van der Waals surface area contributed by atoms with E-state index in [4.69, 9.17) is 4.74 Å². The monoisotopic (exact) mass is 346 g/mol. The molecule has 0 aliphatic carbocycles. The Morgan fingerprint density at radius 3 is 2.76 bits per heavy atom. The zero-order chi connectivity index (χ0) is 18.1. The van der Waals surface area contributed by atoms with Gasteiger partial charge in [0.15, 0.2) is 0 Å². The number of ether oxygens (including phenoxy) is 1. The van der Waals surface area contributed by atoms with Crippen LogP contribution >= 0.6 is 0 Å². The zero-order valence-corrected chi connectivity index (χ0v) is 15.3. The van der Waals surface area contributed by atoms with Gasteiger partial charge in [-0.2, -0.15) is 0 Å². The average Bonchev–Trinajstić information content (AvgIpc) is 2.63. The number of rotatable bonds is 8.